The lowest BCUT2D eigenvalue weighted by molar-refractivity contribution is -0.144. The third kappa shape index (κ3) is 9.98. The minimum atomic E-state index is -0.720. The highest BCUT2D eigenvalue weighted by molar-refractivity contribution is 7.99. The molecule has 1 fully saturated rings. The van der Waals surface area contributed by atoms with Gasteiger partial charge in [-0.2, -0.15) is 11.8 Å². The van der Waals surface area contributed by atoms with Gasteiger partial charge in [0.25, 0.3) is 0 Å². The van der Waals surface area contributed by atoms with Gasteiger partial charge in [0.05, 0.1) is 25.4 Å². The first-order valence-corrected chi connectivity index (χ1v) is 12.6. The van der Waals surface area contributed by atoms with Crippen LogP contribution in [0.3, 0.4) is 0 Å². The molecule has 0 saturated heterocycles. The normalized spacial score (nSPS) is 21.6. The van der Waals surface area contributed by atoms with Crippen LogP contribution in [0.15, 0.2) is 36.4 Å². The molecule has 0 bridgehead atoms. The molecule has 8 heteroatoms. The molecule has 0 aliphatic heterocycles. The van der Waals surface area contributed by atoms with Crippen molar-refractivity contribution in [3.63, 3.8) is 0 Å². The molecule has 0 spiro atoms. The van der Waals surface area contributed by atoms with Gasteiger partial charge in [-0.3, -0.25) is 9.59 Å². The van der Waals surface area contributed by atoms with Crippen LogP contribution in [0.25, 0.3) is 0 Å². The largest absolute Gasteiger partial charge is 0.463 e. The van der Waals surface area contributed by atoms with E-state index in [2.05, 4.69) is 0 Å². The molecule has 0 heterocycles. The van der Waals surface area contributed by atoms with Crippen LogP contribution in [0.1, 0.15) is 36.8 Å². The van der Waals surface area contributed by atoms with Crippen molar-refractivity contribution in [2.45, 2.75) is 50.9 Å². The van der Waals surface area contributed by atoms with E-state index >= 15 is 0 Å². The van der Waals surface area contributed by atoms with Crippen LogP contribution < -0.4 is 0 Å². The number of rotatable bonds is 15. The summed E-state index contributed by atoms with van der Waals surface area (Å²) in [6.07, 6.45) is 4.30. The van der Waals surface area contributed by atoms with Crippen LogP contribution >= 0.6 is 11.8 Å². The number of hydrogen-bond donors (Lipinski definition) is 3. The van der Waals surface area contributed by atoms with E-state index in [-0.39, 0.29) is 43.2 Å². The van der Waals surface area contributed by atoms with Gasteiger partial charge in [0.1, 0.15) is 12.4 Å². The Labute approximate surface area is 200 Å². The number of aliphatic hydroxyl groups excluding tert-OH is 3. The Morgan fingerprint density at radius 2 is 2.09 bits per heavy atom. The number of carbonyl (C=O) groups is 2. The number of benzene rings is 1. The summed E-state index contributed by atoms with van der Waals surface area (Å²) >= 11 is 1.67. The number of methoxy groups -OCH3 is 1. The van der Waals surface area contributed by atoms with Gasteiger partial charge in [-0.05, 0) is 35.5 Å². The monoisotopic (exact) mass is 480 g/mol. The van der Waals surface area contributed by atoms with Gasteiger partial charge in [0.15, 0.2) is 0 Å². The highest BCUT2D eigenvalue weighted by Gasteiger charge is 2.39. The smallest absolute Gasteiger partial charge is 0.305 e. The van der Waals surface area contributed by atoms with Gasteiger partial charge >= 0.3 is 5.97 Å². The summed E-state index contributed by atoms with van der Waals surface area (Å²) in [6.45, 7) is 0.377. The van der Waals surface area contributed by atoms with Crippen LogP contribution in [0, 0.1) is 11.8 Å². The zero-order valence-electron chi connectivity index (χ0n) is 19.2. The molecule has 0 amide bonds. The lowest BCUT2D eigenvalue weighted by atomic mass is 9.91. The molecule has 4 atom stereocenters. The number of aliphatic hydroxyl groups is 3. The van der Waals surface area contributed by atoms with Crippen molar-refractivity contribution >= 4 is 23.5 Å². The van der Waals surface area contributed by atoms with Crippen molar-refractivity contribution in [2.24, 2.45) is 11.8 Å². The summed E-state index contributed by atoms with van der Waals surface area (Å²) < 4.78 is 9.96. The SMILES string of the molecule is COCc1cccc(CC(O)C=CC2C(O)CC(=O)C2CCSCCCC(=O)OCCO)c1. The second kappa shape index (κ2) is 15.2. The summed E-state index contributed by atoms with van der Waals surface area (Å²) in [5.74, 6) is 0.740. The zero-order chi connectivity index (χ0) is 24.1. The molecule has 33 heavy (non-hydrogen) atoms. The minimum Gasteiger partial charge on any atom is -0.463 e. The Morgan fingerprint density at radius 1 is 1.30 bits per heavy atom. The van der Waals surface area contributed by atoms with E-state index in [1.165, 1.54) is 0 Å². The maximum absolute atomic E-state index is 12.4. The first-order chi connectivity index (χ1) is 15.9. The topological polar surface area (TPSA) is 113 Å². The molecule has 1 saturated carbocycles. The second-order valence-electron chi connectivity index (χ2n) is 8.28. The fraction of sp³-hybridized carbons (Fsp3) is 0.600. The van der Waals surface area contributed by atoms with Gasteiger partial charge < -0.3 is 24.8 Å². The van der Waals surface area contributed by atoms with Crippen molar-refractivity contribution in [3.8, 4) is 0 Å². The summed E-state index contributed by atoms with van der Waals surface area (Å²) in [4.78, 5) is 23.8. The lowest BCUT2D eigenvalue weighted by Gasteiger charge is -2.18. The van der Waals surface area contributed by atoms with Gasteiger partial charge in [-0.25, -0.2) is 0 Å². The van der Waals surface area contributed by atoms with E-state index in [1.807, 2.05) is 24.3 Å². The molecule has 1 aliphatic carbocycles. The first-order valence-electron chi connectivity index (χ1n) is 11.4. The van der Waals surface area contributed by atoms with Crippen LogP contribution in [-0.4, -0.2) is 71.1 Å². The van der Waals surface area contributed by atoms with E-state index in [1.54, 1.807) is 31.0 Å². The van der Waals surface area contributed by atoms with Gasteiger partial charge in [0.2, 0.25) is 0 Å². The fourth-order valence-corrected chi connectivity index (χ4v) is 5.01. The van der Waals surface area contributed by atoms with Gasteiger partial charge in [-0.1, -0.05) is 36.4 Å². The Bertz CT molecular complexity index is 767. The van der Waals surface area contributed by atoms with Crippen LogP contribution in [0.5, 0.6) is 0 Å². The number of ether oxygens (including phenoxy) is 2. The molecular formula is C25H36O7S. The van der Waals surface area contributed by atoms with Crippen molar-refractivity contribution in [1.82, 2.24) is 0 Å². The highest BCUT2D eigenvalue weighted by Crippen LogP contribution is 2.34. The fourth-order valence-electron chi connectivity index (χ4n) is 4.03. The number of thioether (sulfide) groups is 1. The molecule has 1 aliphatic rings. The van der Waals surface area contributed by atoms with Crippen molar-refractivity contribution in [3.05, 3.63) is 47.5 Å². The van der Waals surface area contributed by atoms with Gasteiger partial charge in [0, 0.05) is 38.2 Å². The average molecular weight is 481 g/mol. The Kier molecular flexibility index (Phi) is 12.7. The summed E-state index contributed by atoms with van der Waals surface area (Å²) in [6, 6.07) is 7.87. The molecule has 0 aromatic heterocycles. The number of esters is 1. The van der Waals surface area contributed by atoms with Crippen molar-refractivity contribution in [1.29, 1.82) is 0 Å². The highest BCUT2D eigenvalue weighted by atomic mass is 32.2. The first kappa shape index (κ1) is 27.5. The Hall–Kier alpha value is -1.71. The van der Waals surface area contributed by atoms with Crippen LogP contribution in [-0.2, 0) is 32.1 Å². The minimum absolute atomic E-state index is 0.0297. The molecule has 7 nitrogen and oxygen atoms in total. The second-order valence-corrected chi connectivity index (χ2v) is 9.50. The Morgan fingerprint density at radius 3 is 2.85 bits per heavy atom. The van der Waals surface area contributed by atoms with E-state index in [0.29, 0.717) is 32.3 Å². The number of Topliss-reactive ketones (excluding diaryl/α,β-unsaturated/α-hetero) is 1. The molecule has 4 unspecified atom stereocenters. The number of hydrogen-bond acceptors (Lipinski definition) is 8. The summed E-state index contributed by atoms with van der Waals surface area (Å²) in [5, 5.41) is 29.4. The maximum Gasteiger partial charge on any atom is 0.305 e. The number of carbonyl (C=O) groups excluding carboxylic acids is 2. The van der Waals surface area contributed by atoms with E-state index in [0.717, 1.165) is 22.6 Å². The third-order valence-corrected chi connectivity index (χ3v) is 6.73. The summed E-state index contributed by atoms with van der Waals surface area (Å²) in [7, 11) is 1.64. The van der Waals surface area contributed by atoms with Crippen molar-refractivity contribution < 1.29 is 34.4 Å². The standard InChI is InChI=1S/C25H36O7S/c1-31-17-19-5-2-4-18(14-19)15-20(27)7-8-21-22(24(29)16-23(21)28)9-13-33-12-3-6-25(30)32-11-10-26/h2,4-5,7-8,14,20-23,26-28H,3,6,9-13,15-17H2,1H3. The zero-order valence-corrected chi connectivity index (χ0v) is 20.0. The summed E-state index contributed by atoms with van der Waals surface area (Å²) in [5.41, 5.74) is 2.04. The van der Waals surface area contributed by atoms with Crippen LogP contribution in [0.2, 0.25) is 0 Å². The van der Waals surface area contributed by atoms with Gasteiger partial charge in [-0.15, -0.1) is 0 Å². The molecule has 3 N–H and O–H groups in total. The maximum atomic E-state index is 12.4. The molecular weight excluding hydrogens is 444 g/mol. The molecule has 1 aromatic carbocycles. The predicted octanol–water partition coefficient (Wildman–Crippen LogP) is 2.30. The lowest BCUT2D eigenvalue weighted by Crippen LogP contribution is -2.20. The number of ketones is 1. The van der Waals surface area contributed by atoms with E-state index < -0.39 is 12.2 Å². The average Bonchev–Trinajstić information content (AvgIpc) is 3.05. The molecule has 1 aromatic rings. The van der Waals surface area contributed by atoms with Crippen LogP contribution in [0.4, 0.5) is 0 Å². The van der Waals surface area contributed by atoms with E-state index in [9.17, 15) is 19.8 Å². The predicted molar refractivity (Wildman–Crippen MR) is 128 cm³/mol. The quantitative estimate of drug-likeness (QED) is 0.199. The molecule has 184 valence electrons. The Balaban J connectivity index is 1.78. The van der Waals surface area contributed by atoms with Crippen molar-refractivity contribution in [2.75, 3.05) is 31.8 Å². The molecule has 0 radical (unpaired) electrons. The van der Waals surface area contributed by atoms with E-state index in [4.69, 9.17) is 14.6 Å². The molecule has 2 rings (SSSR count). The third-order valence-electron chi connectivity index (χ3n) is 5.63.